The summed E-state index contributed by atoms with van der Waals surface area (Å²) in [5.41, 5.74) is 8.31. The monoisotopic (exact) mass is 302 g/mol. The molecular formula is C16H22O2Si2. The van der Waals surface area contributed by atoms with Crippen LogP contribution in [-0.4, -0.2) is 31.7 Å². The highest BCUT2D eigenvalue weighted by molar-refractivity contribution is 6.39. The van der Waals surface area contributed by atoms with Crippen molar-refractivity contribution in [1.82, 2.24) is 0 Å². The van der Waals surface area contributed by atoms with Gasteiger partial charge in [0.1, 0.15) is 0 Å². The SMILES string of the molecule is CC(C)O[SiH2]C#Cc1ccc(C#C[SiH2]OC(C)C)cc1. The Morgan fingerprint density at radius 2 is 1.10 bits per heavy atom. The van der Waals surface area contributed by atoms with Crippen molar-refractivity contribution >= 4 is 19.5 Å². The molecule has 4 heteroatoms. The van der Waals surface area contributed by atoms with Gasteiger partial charge in [0.15, 0.2) is 0 Å². The van der Waals surface area contributed by atoms with Crippen LogP contribution in [0.1, 0.15) is 38.8 Å². The first-order valence-electron chi connectivity index (χ1n) is 6.89. The summed E-state index contributed by atoms with van der Waals surface area (Å²) in [5, 5.41) is 0. The Morgan fingerprint density at radius 1 is 0.750 bits per heavy atom. The fraction of sp³-hybridized carbons (Fsp3) is 0.375. The first kappa shape index (κ1) is 16.7. The van der Waals surface area contributed by atoms with Crippen LogP contribution in [0, 0.1) is 22.9 Å². The Hall–Kier alpha value is -1.31. The summed E-state index contributed by atoms with van der Waals surface area (Å²) < 4.78 is 11.0. The maximum atomic E-state index is 5.51. The Balaban J connectivity index is 2.47. The molecule has 0 unspecified atom stereocenters. The molecule has 0 aromatic heterocycles. The Morgan fingerprint density at radius 3 is 1.40 bits per heavy atom. The van der Waals surface area contributed by atoms with Gasteiger partial charge in [-0.3, -0.25) is 0 Å². The van der Waals surface area contributed by atoms with E-state index in [1.165, 1.54) is 0 Å². The molecule has 0 N–H and O–H groups in total. The lowest BCUT2D eigenvalue weighted by Gasteiger charge is -2.01. The van der Waals surface area contributed by atoms with Crippen LogP contribution in [-0.2, 0) is 8.85 Å². The molecule has 0 heterocycles. The van der Waals surface area contributed by atoms with Gasteiger partial charge in [0.05, 0.1) is 0 Å². The van der Waals surface area contributed by atoms with E-state index in [4.69, 9.17) is 8.85 Å². The zero-order valence-electron chi connectivity index (χ0n) is 12.7. The highest BCUT2D eigenvalue weighted by atomic mass is 28.2. The molecule has 1 aromatic rings. The quantitative estimate of drug-likeness (QED) is 0.617. The minimum atomic E-state index is -0.714. The lowest BCUT2D eigenvalue weighted by molar-refractivity contribution is 0.260. The molecule has 106 valence electrons. The molecule has 0 aliphatic heterocycles. The predicted molar refractivity (Wildman–Crippen MR) is 89.7 cm³/mol. The Bertz CT molecular complexity index is 464. The van der Waals surface area contributed by atoms with Crippen molar-refractivity contribution in [3.05, 3.63) is 35.4 Å². The molecule has 0 aliphatic carbocycles. The van der Waals surface area contributed by atoms with Crippen molar-refractivity contribution in [1.29, 1.82) is 0 Å². The van der Waals surface area contributed by atoms with Crippen molar-refractivity contribution in [2.45, 2.75) is 39.9 Å². The Labute approximate surface area is 127 Å². The molecule has 1 rings (SSSR count). The molecule has 0 amide bonds. The van der Waals surface area contributed by atoms with E-state index in [9.17, 15) is 0 Å². The van der Waals surface area contributed by atoms with E-state index in [2.05, 4.69) is 22.9 Å². The molecule has 0 radical (unpaired) electrons. The van der Waals surface area contributed by atoms with E-state index in [1.807, 2.05) is 52.0 Å². The topological polar surface area (TPSA) is 18.5 Å². The Kier molecular flexibility index (Phi) is 8.02. The van der Waals surface area contributed by atoms with Crippen LogP contribution in [0.3, 0.4) is 0 Å². The van der Waals surface area contributed by atoms with Gasteiger partial charge < -0.3 is 8.85 Å². The van der Waals surface area contributed by atoms with Crippen molar-refractivity contribution in [2.75, 3.05) is 0 Å². The van der Waals surface area contributed by atoms with E-state index in [0.717, 1.165) is 11.1 Å². The first-order valence-corrected chi connectivity index (χ1v) is 9.46. The van der Waals surface area contributed by atoms with Crippen molar-refractivity contribution < 1.29 is 8.85 Å². The van der Waals surface area contributed by atoms with Gasteiger partial charge >= 0.3 is 0 Å². The van der Waals surface area contributed by atoms with E-state index in [-0.39, 0.29) is 12.2 Å². The zero-order valence-corrected chi connectivity index (χ0v) is 15.5. The van der Waals surface area contributed by atoms with Crippen LogP contribution in [0.2, 0.25) is 0 Å². The minimum Gasteiger partial charge on any atom is -0.408 e. The predicted octanol–water partition coefficient (Wildman–Crippen LogP) is 1.32. The van der Waals surface area contributed by atoms with Gasteiger partial charge in [-0.05, 0) is 52.0 Å². The molecule has 0 fully saturated rings. The second kappa shape index (κ2) is 9.57. The average molecular weight is 303 g/mol. The average Bonchev–Trinajstić information content (AvgIpc) is 2.41. The highest BCUT2D eigenvalue weighted by Gasteiger charge is 1.91. The standard InChI is InChI=1S/C16H22O2Si2/c1-13(2)17-19-11-9-15-5-7-16(8-6-15)10-12-20-18-14(3)4/h5-8,13-14H,19-20H2,1-4H3. The highest BCUT2D eigenvalue weighted by Crippen LogP contribution is 2.01. The second-order valence-corrected chi connectivity index (χ2v) is 6.85. The summed E-state index contributed by atoms with van der Waals surface area (Å²) in [6.07, 6.45) is 0.566. The van der Waals surface area contributed by atoms with Gasteiger partial charge in [-0.1, -0.05) is 22.9 Å². The smallest absolute Gasteiger partial charge is 0.241 e. The van der Waals surface area contributed by atoms with Crippen LogP contribution in [0.15, 0.2) is 24.3 Å². The third kappa shape index (κ3) is 7.98. The normalized spacial score (nSPS) is 11.1. The molecule has 2 nitrogen and oxygen atoms in total. The summed E-state index contributed by atoms with van der Waals surface area (Å²) in [6, 6.07) is 8.02. The molecule has 0 saturated carbocycles. The number of rotatable bonds is 4. The molecule has 0 atom stereocenters. The van der Waals surface area contributed by atoms with E-state index >= 15 is 0 Å². The van der Waals surface area contributed by atoms with Gasteiger partial charge in [-0.2, -0.15) is 0 Å². The summed E-state index contributed by atoms with van der Waals surface area (Å²) >= 11 is 0. The van der Waals surface area contributed by atoms with Gasteiger partial charge in [0, 0.05) is 23.3 Å². The molecule has 20 heavy (non-hydrogen) atoms. The molecule has 0 spiro atoms. The first-order chi connectivity index (χ1) is 9.58. The number of hydrogen-bond acceptors (Lipinski definition) is 2. The molecule has 0 aliphatic rings. The van der Waals surface area contributed by atoms with Crippen molar-refractivity contribution in [3.63, 3.8) is 0 Å². The third-order valence-electron chi connectivity index (χ3n) is 2.33. The van der Waals surface area contributed by atoms with Crippen LogP contribution in [0.5, 0.6) is 0 Å². The summed E-state index contributed by atoms with van der Waals surface area (Å²) in [7, 11) is -1.43. The van der Waals surface area contributed by atoms with Crippen LogP contribution >= 0.6 is 0 Å². The molecular weight excluding hydrogens is 280 g/mol. The lowest BCUT2D eigenvalue weighted by Crippen LogP contribution is -2.05. The van der Waals surface area contributed by atoms with Crippen LogP contribution < -0.4 is 0 Å². The fourth-order valence-corrected chi connectivity index (χ4v) is 2.72. The van der Waals surface area contributed by atoms with E-state index < -0.39 is 19.5 Å². The van der Waals surface area contributed by atoms with Gasteiger partial charge in [0.2, 0.25) is 19.5 Å². The number of benzene rings is 1. The van der Waals surface area contributed by atoms with E-state index in [1.54, 1.807) is 0 Å². The summed E-state index contributed by atoms with van der Waals surface area (Å²) in [5.74, 6) is 6.26. The number of hydrogen-bond donors (Lipinski definition) is 0. The largest absolute Gasteiger partial charge is 0.408 e. The van der Waals surface area contributed by atoms with E-state index in [0.29, 0.717) is 0 Å². The van der Waals surface area contributed by atoms with Crippen LogP contribution in [0.4, 0.5) is 0 Å². The zero-order chi connectivity index (χ0) is 14.8. The van der Waals surface area contributed by atoms with Gasteiger partial charge in [-0.25, -0.2) is 0 Å². The van der Waals surface area contributed by atoms with Crippen LogP contribution in [0.25, 0.3) is 0 Å². The fourth-order valence-electron chi connectivity index (χ4n) is 1.33. The van der Waals surface area contributed by atoms with Crippen molar-refractivity contribution in [3.8, 4) is 22.9 Å². The lowest BCUT2D eigenvalue weighted by atomic mass is 10.1. The second-order valence-electron chi connectivity index (χ2n) is 4.90. The maximum Gasteiger partial charge on any atom is 0.241 e. The summed E-state index contributed by atoms with van der Waals surface area (Å²) in [6.45, 7) is 8.14. The minimum absolute atomic E-state index is 0.283. The van der Waals surface area contributed by atoms with Crippen molar-refractivity contribution in [2.24, 2.45) is 0 Å². The molecule has 0 bridgehead atoms. The third-order valence-corrected chi connectivity index (χ3v) is 4.64. The molecule has 0 saturated heterocycles. The molecule has 1 aromatic carbocycles. The maximum absolute atomic E-state index is 5.51. The van der Waals surface area contributed by atoms with Gasteiger partial charge in [-0.15, -0.1) is 0 Å². The summed E-state index contributed by atoms with van der Waals surface area (Å²) in [4.78, 5) is 0. The van der Waals surface area contributed by atoms with Gasteiger partial charge in [0.25, 0.3) is 0 Å².